The Morgan fingerprint density at radius 1 is 0.267 bits per heavy atom. The molecule has 4 aliphatic rings. The van der Waals surface area contributed by atoms with Gasteiger partial charge in [0, 0.05) is 0 Å². The van der Waals surface area contributed by atoms with E-state index in [0.29, 0.717) is 22.3 Å². The van der Waals surface area contributed by atoms with Crippen molar-refractivity contribution >= 4 is 54.0 Å². The SMILES string of the molecule is CC1=[C]([Hf]([C]2=C(C)C(c3ccccc3F)=CC2C)=[Si](c2ccccc2)c2ccccc2)C(C)C=C1c1ccccc1F.CC1=[C]([Hf]([C]2=C(C)C(c3ccccc3F)=CC2C)=[Si](c2ccccc2)c2ccccc2)C(C)C=C1c1ccccc1F.[Cl-].[Cl-]. The first-order chi connectivity index (χ1) is 40.7. The molecule has 4 atom stereocenters. The molecule has 4 aliphatic carbocycles. The van der Waals surface area contributed by atoms with Crippen molar-refractivity contribution in [2.24, 2.45) is 23.7 Å². The van der Waals surface area contributed by atoms with Gasteiger partial charge in [0.15, 0.2) is 0 Å². The first-order valence-electron chi connectivity index (χ1n) is 29.2. The van der Waals surface area contributed by atoms with Gasteiger partial charge < -0.3 is 24.8 Å². The van der Waals surface area contributed by atoms with Crippen LogP contribution in [0, 0.1) is 46.9 Å². The van der Waals surface area contributed by atoms with Crippen molar-refractivity contribution < 1.29 is 82.5 Å². The molecule has 432 valence electrons. The average Bonchev–Trinajstić information content (AvgIpc) is 1.63. The third kappa shape index (κ3) is 12.9. The van der Waals surface area contributed by atoms with Gasteiger partial charge in [0.05, 0.1) is 0 Å². The summed E-state index contributed by atoms with van der Waals surface area (Å²) < 4.78 is 66.9. The largest absolute Gasteiger partial charge is 1.00 e. The van der Waals surface area contributed by atoms with E-state index in [1.54, 1.807) is 61.8 Å². The minimum Gasteiger partial charge on any atom is -1.00 e. The minimum absolute atomic E-state index is 0. The monoisotopic (exact) mass is 1540 g/mol. The van der Waals surface area contributed by atoms with Gasteiger partial charge in [0.25, 0.3) is 0 Å². The zero-order chi connectivity index (χ0) is 58.8. The summed E-state index contributed by atoms with van der Waals surface area (Å²) in [6.45, 7) is 18.1. The van der Waals surface area contributed by atoms with Crippen molar-refractivity contribution in [3.63, 3.8) is 0 Å². The van der Waals surface area contributed by atoms with Gasteiger partial charge in [-0.15, -0.1) is 0 Å². The Morgan fingerprint density at radius 3 is 0.628 bits per heavy atom. The third-order valence-electron chi connectivity index (χ3n) is 17.2. The Bertz CT molecular complexity index is 3670. The molecule has 0 nitrogen and oxygen atoms in total. The summed E-state index contributed by atoms with van der Waals surface area (Å²) in [6, 6.07) is 72.8. The van der Waals surface area contributed by atoms with Gasteiger partial charge in [-0.05, 0) is 0 Å². The molecule has 0 saturated carbocycles. The van der Waals surface area contributed by atoms with Crippen LogP contribution in [0.25, 0.3) is 22.3 Å². The summed E-state index contributed by atoms with van der Waals surface area (Å²) in [4.78, 5) is 0. The molecule has 0 heterocycles. The van der Waals surface area contributed by atoms with Crippen molar-refractivity contribution in [2.45, 2.75) is 55.4 Å². The fourth-order valence-electron chi connectivity index (χ4n) is 13.5. The van der Waals surface area contributed by atoms with Gasteiger partial charge >= 0.3 is 515 Å². The molecule has 0 bridgehead atoms. The van der Waals surface area contributed by atoms with E-state index in [1.165, 1.54) is 43.0 Å². The standard InChI is InChI=1S/4C13H12F.2C12H10Si.2ClH.2Hf/c4*1-9-7-10(2)12(8-9)11-5-3-4-6-13(11)14;2*1-3-7-11(8-4-1)13-12-9-5-2-6-10-12;;;;/h4*3-6,8-9H,1-2H3;2*1-10H;2*1H;;/p-2. The van der Waals surface area contributed by atoms with E-state index < -0.39 is 51.1 Å². The molecule has 86 heavy (non-hydrogen) atoms. The Morgan fingerprint density at radius 2 is 0.442 bits per heavy atom. The van der Waals surface area contributed by atoms with E-state index in [1.807, 2.05) is 48.5 Å². The van der Waals surface area contributed by atoms with Crippen LogP contribution in [-0.2, 0) is 40.1 Å². The van der Waals surface area contributed by atoms with Crippen LogP contribution in [0.1, 0.15) is 77.6 Å². The summed E-state index contributed by atoms with van der Waals surface area (Å²) in [6.07, 6.45) is 9.18. The van der Waals surface area contributed by atoms with E-state index in [2.05, 4.69) is 201 Å². The Labute approximate surface area is 534 Å². The normalized spacial score (nSPS) is 17.9. The van der Waals surface area contributed by atoms with Crippen LogP contribution in [0.4, 0.5) is 17.6 Å². The smallest absolute Gasteiger partial charge is 1.00 e. The second-order valence-corrected chi connectivity index (χ2v) is 58.4. The minimum atomic E-state index is -3.09. The van der Waals surface area contributed by atoms with E-state index in [0.717, 1.165) is 22.3 Å². The Balaban J connectivity index is 0.000000201. The summed E-state index contributed by atoms with van der Waals surface area (Å²) in [5.74, 6) is 0.195. The first-order valence-corrected chi connectivity index (χ1v) is 50.1. The molecule has 4 unspecified atom stereocenters. The zero-order valence-electron chi connectivity index (χ0n) is 49.7. The van der Waals surface area contributed by atoms with Crippen LogP contribution < -0.4 is 45.6 Å². The predicted octanol–water partition coefficient (Wildman–Crippen LogP) is 11.4. The third-order valence-corrected chi connectivity index (χ3v) is 73.6. The van der Waals surface area contributed by atoms with Crippen LogP contribution in [0.3, 0.4) is 0 Å². The van der Waals surface area contributed by atoms with E-state index in [9.17, 15) is 0 Å². The zero-order valence-corrected chi connectivity index (χ0v) is 60.4. The quantitative estimate of drug-likeness (QED) is 0.0845. The molecular weight excluding hydrogens is 1470 g/mol. The molecule has 8 aromatic rings. The molecule has 0 aliphatic heterocycles. The van der Waals surface area contributed by atoms with Crippen LogP contribution >= 0.6 is 0 Å². The summed E-state index contributed by atoms with van der Waals surface area (Å²) in [7, 11) is 0. The van der Waals surface area contributed by atoms with Crippen LogP contribution in [-0.4, -0.2) is 11.0 Å². The second-order valence-electron chi connectivity index (χ2n) is 22.5. The topological polar surface area (TPSA) is 0 Å². The fraction of sp³-hybridized carbons (Fsp3) is 0.158. The summed E-state index contributed by atoms with van der Waals surface area (Å²) >= 11 is -6.17. The molecule has 10 heteroatoms. The summed E-state index contributed by atoms with van der Waals surface area (Å²) in [5.41, 5.74) is 9.43. The van der Waals surface area contributed by atoms with E-state index in [-0.39, 0.29) is 71.8 Å². The van der Waals surface area contributed by atoms with Crippen molar-refractivity contribution in [2.75, 3.05) is 0 Å². The van der Waals surface area contributed by atoms with Gasteiger partial charge in [-0.1, -0.05) is 0 Å². The molecule has 0 saturated heterocycles. The van der Waals surface area contributed by atoms with Gasteiger partial charge in [0.1, 0.15) is 0 Å². The second kappa shape index (κ2) is 28.5. The molecule has 0 radical (unpaired) electrons. The van der Waals surface area contributed by atoms with Crippen LogP contribution in [0.2, 0.25) is 0 Å². The first kappa shape index (κ1) is 64.6. The molecule has 0 amide bonds. The maximum atomic E-state index is 15.2. The molecule has 12 rings (SSSR count). The van der Waals surface area contributed by atoms with Gasteiger partial charge in [0.2, 0.25) is 0 Å². The average molecular weight is 1540 g/mol. The number of hydrogen-bond acceptors (Lipinski definition) is 0. The predicted molar refractivity (Wildman–Crippen MR) is 341 cm³/mol. The summed E-state index contributed by atoms with van der Waals surface area (Å²) in [5, 5.41) is 5.70. The van der Waals surface area contributed by atoms with Crippen molar-refractivity contribution in [3.8, 4) is 0 Å². The Hall–Kier alpha value is -5.85. The van der Waals surface area contributed by atoms with Crippen molar-refractivity contribution in [1.82, 2.24) is 0 Å². The molecule has 8 aromatic carbocycles. The molecular formula is C76H68Cl2F4Hf2Si2-2. The molecule has 0 N–H and O–H groups in total. The van der Waals surface area contributed by atoms with E-state index in [4.69, 9.17) is 0 Å². The molecule has 0 fully saturated rings. The number of benzene rings is 8. The maximum Gasteiger partial charge on any atom is -1.00 e. The molecule has 0 spiro atoms. The van der Waals surface area contributed by atoms with Crippen LogP contribution in [0.5, 0.6) is 0 Å². The van der Waals surface area contributed by atoms with Crippen molar-refractivity contribution in [3.05, 3.63) is 324 Å². The van der Waals surface area contributed by atoms with Gasteiger partial charge in [-0.25, -0.2) is 0 Å². The molecule has 0 aromatic heterocycles. The fourth-order valence-corrected chi connectivity index (χ4v) is 80.5. The number of allylic oxidation sites excluding steroid dienone is 16. The Kier molecular flexibility index (Phi) is 21.4. The van der Waals surface area contributed by atoms with Crippen LogP contribution in [0.15, 0.2) is 278 Å². The van der Waals surface area contributed by atoms with Gasteiger partial charge in [-0.3, -0.25) is 0 Å². The number of rotatable bonds is 12. The van der Waals surface area contributed by atoms with Gasteiger partial charge in [-0.2, -0.15) is 0 Å². The maximum absolute atomic E-state index is 15.2. The van der Waals surface area contributed by atoms with Crippen molar-refractivity contribution in [1.29, 1.82) is 0 Å². The van der Waals surface area contributed by atoms with E-state index >= 15 is 17.6 Å². The number of hydrogen-bond donors (Lipinski definition) is 0. The number of halogens is 6.